The van der Waals surface area contributed by atoms with Gasteiger partial charge in [-0.15, -0.1) is 0 Å². The van der Waals surface area contributed by atoms with E-state index in [-0.39, 0.29) is 24.7 Å². The van der Waals surface area contributed by atoms with Crippen LogP contribution in [-0.4, -0.2) is 72.3 Å². The highest BCUT2D eigenvalue weighted by molar-refractivity contribution is 8.02. The van der Waals surface area contributed by atoms with Crippen molar-refractivity contribution >= 4 is 41.1 Å². The Balaban J connectivity index is 1.49. The number of allylic oxidation sites excluding steroid dienone is 2. The number of likely N-dealkylation sites (N-methyl/N-ethyl adjacent to an activating group) is 2. The van der Waals surface area contributed by atoms with Crippen molar-refractivity contribution in [2.24, 2.45) is 15.9 Å². The number of benzene rings is 2. The largest absolute Gasteiger partial charge is 0.481 e. The van der Waals surface area contributed by atoms with Crippen LogP contribution in [0.4, 0.5) is 5.69 Å². The smallest absolute Gasteiger partial charge is 0.303 e. The van der Waals surface area contributed by atoms with Gasteiger partial charge in [-0.25, -0.2) is 0 Å². The predicted octanol–water partition coefficient (Wildman–Crippen LogP) is 5.76. The van der Waals surface area contributed by atoms with Gasteiger partial charge in [-0.3, -0.25) is 14.6 Å². The van der Waals surface area contributed by atoms with E-state index < -0.39 is 5.97 Å². The van der Waals surface area contributed by atoms with Crippen LogP contribution in [0.2, 0.25) is 0 Å². The van der Waals surface area contributed by atoms with E-state index in [1.165, 1.54) is 21.6 Å². The molecule has 1 amide bonds. The van der Waals surface area contributed by atoms with E-state index in [9.17, 15) is 9.59 Å². The first-order valence-electron chi connectivity index (χ1n) is 15.2. The monoisotopic (exact) mass is 616 g/mol. The first-order chi connectivity index (χ1) is 21.2. The zero-order chi connectivity index (χ0) is 31.5. The second kappa shape index (κ2) is 16.1. The summed E-state index contributed by atoms with van der Waals surface area (Å²) in [5, 5.41) is 18.2. The van der Waals surface area contributed by atoms with Gasteiger partial charge < -0.3 is 25.5 Å². The molecule has 2 aliphatic rings. The number of rotatable bonds is 11. The normalized spacial score (nSPS) is 19.9. The molecule has 4 rings (SSSR count). The van der Waals surface area contributed by atoms with Crippen molar-refractivity contribution in [2.45, 2.75) is 57.3 Å². The van der Waals surface area contributed by atoms with Gasteiger partial charge in [-0.1, -0.05) is 60.7 Å². The lowest BCUT2D eigenvalue weighted by Gasteiger charge is -2.29. The Labute approximate surface area is 265 Å². The van der Waals surface area contributed by atoms with Crippen molar-refractivity contribution in [1.82, 2.24) is 15.1 Å². The molecule has 2 aromatic carbocycles. The van der Waals surface area contributed by atoms with E-state index in [1.54, 1.807) is 23.7 Å². The lowest BCUT2D eigenvalue weighted by Crippen LogP contribution is -2.41. The van der Waals surface area contributed by atoms with Crippen LogP contribution in [0.3, 0.4) is 0 Å². The summed E-state index contributed by atoms with van der Waals surface area (Å²) in [6.45, 7) is 5.93. The van der Waals surface area contributed by atoms with Crippen LogP contribution in [0.25, 0.3) is 0 Å². The molecular weight excluding hydrogens is 572 g/mol. The highest BCUT2D eigenvalue weighted by Crippen LogP contribution is 2.33. The minimum absolute atomic E-state index is 0.00510. The molecule has 3 N–H and O–H groups in total. The van der Waals surface area contributed by atoms with E-state index in [2.05, 4.69) is 71.2 Å². The number of aliphatic imine (C=N–C) groups is 2. The van der Waals surface area contributed by atoms with Gasteiger partial charge in [0.2, 0.25) is 11.9 Å². The molecule has 0 fully saturated rings. The molecule has 2 heterocycles. The van der Waals surface area contributed by atoms with E-state index in [1.807, 2.05) is 25.2 Å². The Bertz CT molecular complexity index is 1440. The first kappa shape index (κ1) is 32.9. The number of carboxylic acid groups (broad SMARTS) is 1. The number of anilines is 1. The number of hydrogen-bond acceptors (Lipinski definition) is 6. The summed E-state index contributed by atoms with van der Waals surface area (Å²) in [7, 11) is 3.68. The SMILES string of the molecule is CC1=CSc2cc(N/C3=C\CC(C)/C(N(C)CCN(C)C(=O)CCC(=O)O)=N\C(=NCCc4ccccc4)N3)ccc2CC1. The minimum Gasteiger partial charge on any atom is -0.481 e. The number of nitrogens with zero attached hydrogens (tertiary/aromatic N) is 4. The summed E-state index contributed by atoms with van der Waals surface area (Å²) in [6, 6.07) is 16.8. The summed E-state index contributed by atoms with van der Waals surface area (Å²) in [6.07, 6.45) is 5.68. The third-order valence-corrected chi connectivity index (χ3v) is 8.90. The molecule has 0 saturated carbocycles. The Morgan fingerprint density at radius 3 is 2.68 bits per heavy atom. The molecule has 0 radical (unpaired) electrons. The van der Waals surface area contributed by atoms with E-state index >= 15 is 0 Å². The average molecular weight is 617 g/mol. The molecular formula is C34H44N6O3S. The third kappa shape index (κ3) is 10.0. The highest BCUT2D eigenvalue weighted by Gasteiger charge is 2.21. The quantitative estimate of drug-likeness (QED) is 0.294. The number of fused-ring (bicyclic) bond motifs is 1. The van der Waals surface area contributed by atoms with Gasteiger partial charge in [0.25, 0.3) is 0 Å². The fraction of sp³-hybridized carbons (Fsp3) is 0.412. The number of amidine groups is 1. The van der Waals surface area contributed by atoms with Crippen molar-refractivity contribution < 1.29 is 14.7 Å². The summed E-state index contributed by atoms with van der Waals surface area (Å²) in [5.41, 5.74) is 5.01. The van der Waals surface area contributed by atoms with Gasteiger partial charge >= 0.3 is 5.97 Å². The lowest BCUT2D eigenvalue weighted by atomic mass is 10.0. The average Bonchev–Trinajstić information content (AvgIpc) is 3.20. The Hall–Kier alpha value is -4.05. The van der Waals surface area contributed by atoms with Crippen LogP contribution in [0.1, 0.15) is 50.7 Å². The number of amides is 1. The van der Waals surface area contributed by atoms with Crippen LogP contribution < -0.4 is 10.6 Å². The number of carbonyl (C=O) groups is 2. The maximum atomic E-state index is 12.4. The number of aryl methyl sites for hydroxylation is 1. The van der Waals surface area contributed by atoms with Gasteiger partial charge in [0.15, 0.2) is 0 Å². The minimum atomic E-state index is -0.969. The second-order valence-electron chi connectivity index (χ2n) is 11.5. The topological polar surface area (TPSA) is 110 Å². The summed E-state index contributed by atoms with van der Waals surface area (Å²) in [4.78, 5) is 38.0. The maximum absolute atomic E-state index is 12.4. The fourth-order valence-corrected chi connectivity index (χ4v) is 5.94. The second-order valence-corrected chi connectivity index (χ2v) is 12.4. The van der Waals surface area contributed by atoms with Crippen molar-refractivity contribution in [3.8, 4) is 0 Å². The number of thioether (sulfide) groups is 1. The van der Waals surface area contributed by atoms with Crippen LogP contribution in [0.5, 0.6) is 0 Å². The number of guanidine groups is 1. The summed E-state index contributed by atoms with van der Waals surface area (Å²) >= 11 is 1.78. The molecule has 10 heteroatoms. The van der Waals surface area contributed by atoms with Gasteiger partial charge in [0.1, 0.15) is 11.7 Å². The Morgan fingerprint density at radius 2 is 1.91 bits per heavy atom. The zero-order valence-corrected chi connectivity index (χ0v) is 27.0. The van der Waals surface area contributed by atoms with E-state index in [4.69, 9.17) is 15.1 Å². The number of hydrogen-bond donors (Lipinski definition) is 3. The van der Waals surface area contributed by atoms with Crippen molar-refractivity contribution in [2.75, 3.05) is 39.0 Å². The number of carbonyl (C=O) groups excluding carboxylic acids is 1. The van der Waals surface area contributed by atoms with Gasteiger partial charge in [0, 0.05) is 56.7 Å². The zero-order valence-electron chi connectivity index (χ0n) is 26.2. The summed E-state index contributed by atoms with van der Waals surface area (Å²) < 4.78 is 0. The molecule has 234 valence electrons. The van der Waals surface area contributed by atoms with Crippen LogP contribution in [0, 0.1) is 5.92 Å². The third-order valence-electron chi connectivity index (χ3n) is 7.75. The van der Waals surface area contributed by atoms with Crippen molar-refractivity contribution in [3.05, 3.63) is 82.5 Å². The standard InChI is InChI=1S/C34H44N6O3S/c1-24-10-12-27-13-14-28(22-29(27)44-23-24)36-30-15-11-25(2)33(40(4)21-20-39(3)31(41)16-17-32(42)43)38-34(37-30)35-19-18-26-8-6-5-7-9-26/h5-9,13-15,22-23,25,36H,10-12,16-21H2,1-4H3,(H,35,37)(H,42,43)/b30-15+,38-33+. The summed E-state index contributed by atoms with van der Waals surface area (Å²) in [5.74, 6) is 1.20. The van der Waals surface area contributed by atoms with Gasteiger partial charge in [-0.2, -0.15) is 4.99 Å². The molecule has 0 spiro atoms. The van der Waals surface area contributed by atoms with Crippen LogP contribution >= 0.6 is 11.8 Å². The van der Waals surface area contributed by atoms with Crippen LogP contribution in [-0.2, 0) is 22.4 Å². The van der Waals surface area contributed by atoms with E-state index in [0.29, 0.717) is 25.6 Å². The molecule has 2 aromatic rings. The number of carboxylic acids is 1. The van der Waals surface area contributed by atoms with Crippen LogP contribution in [0.15, 0.2) is 86.3 Å². The maximum Gasteiger partial charge on any atom is 0.303 e. The Morgan fingerprint density at radius 1 is 1.11 bits per heavy atom. The lowest BCUT2D eigenvalue weighted by molar-refractivity contribution is -0.140. The Kier molecular flexibility index (Phi) is 12.1. The van der Waals surface area contributed by atoms with E-state index in [0.717, 1.165) is 43.0 Å². The number of nitrogens with one attached hydrogen (secondary N) is 2. The molecule has 1 atom stereocenters. The molecule has 0 bridgehead atoms. The highest BCUT2D eigenvalue weighted by atomic mass is 32.2. The predicted molar refractivity (Wildman–Crippen MR) is 180 cm³/mol. The number of aliphatic carboxylic acids is 1. The first-order valence-corrected chi connectivity index (χ1v) is 16.1. The molecule has 9 nitrogen and oxygen atoms in total. The fourth-order valence-electron chi connectivity index (χ4n) is 4.98. The molecule has 0 aliphatic carbocycles. The molecule has 2 aliphatic heterocycles. The molecule has 1 unspecified atom stereocenters. The molecule has 0 aromatic heterocycles. The van der Waals surface area contributed by atoms with Gasteiger partial charge in [-0.05, 0) is 67.4 Å². The molecule has 0 saturated heterocycles. The van der Waals surface area contributed by atoms with Gasteiger partial charge in [0.05, 0.1) is 6.42 Å². The molecule has 44 heavy (non-hydrogen) atoms. The van der Waals surface area contributed by atoms with Crippen molar-refractivity contribution in [3.63, 3.8) is 0 Å². The van der Waals surface area contributed by atoms with Crippen molar-refractivity contribution in [1.29, 1.82) is 0 Å².